The summed E-state index contributed by atoms with van der Waals surface area (Å²) < 4.78 is 0. The molecule has 18 heavy (non-hydrogen) atoms. The fourth-order valence-corrected chi connectivity index (χ4v) is 2.03. The molecule has 1 fully saturated rings. The smallest absolute Gasteiger partial charge is 0.241 e. The second-order valence-corrected chi connectivity index (χ2v) is 4.73. The van der Waals surface area contributed by atoms with Gasteiger partial charge in [0.1, 0.15) is 5.82 Å². The molecule has 3 N–H and O–H groups in total. The monoisotopic (exact) mass is 248 g/mol. The lowest BCUT2D eigenvalue weighted by Crippen LogP contribution is -2.32. The van der Waals surface area contributed by atoms with Crippen molar-refractivity contribution in [1.82, 2.24) is 4.98 Å². The minimum absolute atomic E-state index is 0.192. The van der Waals surface area contributed by atoms with Crippen LogP contribution in [0.15, 0.2) is 18.3 Å². The van der Waals surface area contributed by atoms with Crippen LogP contribution in [-0.2, 0) is 4.79 Å². The van der Waals surface area contributed by atoms with Crippen molar-refractivity contribution < 1.29 is 4.79 Å². The molecule has 1 aliphatic heterocycles. The van der Waals surface area contributed by atoms with Crippen LogP contribution in [0.1, 0.15) is 26.2 Å². The second-order valence-electron chi connectivity index (χ2n) is 4.73. The Kier molecular flexibility index (Phi) is 4.15. The number of amides is 1. The number of hydrogen-bond acceptors (Lipinski definition) is 4. The number of hydrogen-bond donors (Lipinski definition) is 2. The first-order valence-corrected chi connectivity index (χ1v) is 6.44. The Morgan fingerprint density at radius 1 is 1.39 bits per heavy atom. The molecule has 98 valence electrons. The zero-order chi connectivity index (χ0) is 13.0. The number of nitrogens with one attached hydrogen (secondary N) is 1. The van der Waals surface area contributed by atoms with Gasteiger partial charge in [0, 0.05) is 13.1 Å². The van der Waals surface area contributed by atoms with E-state index in [1.54, 1.807) is 13.1 Å². The Morgan fingerprint density at radius 3 is 2.67 bits per heavy atom. The van der Waals surface area contributed by atoms with Crippen molar-refractivity contribution in [2.24, 2.45) is 5.73 Å². The van der Waals surface area contributed by atoms with E-state index in [2.05, 4.69) is 15.2 Å². The summed E-state index contributed by atoms with van der Waals surface area (Å²) in [7, 11) is 0. The highest BCUT2D eigenvalue weighted by molar-refractivity contribution is 5.94. The van der Waals surface area contributed by atoms with Crippen LogP contribution in [0.2, 0.25) is 0 Å². The molecule has 0 aromatic carbocycles. The Balaban J connectivity index is 1.98. The topological polar surface area (TPSA) is 71.2 Å². The number of rotatable bonds is 3. The van der Waals surface area contributed by atoms with Gasteiger partial charge >= 0.3 is 0 Å². The molecule has 1 aromatic heterocycles. The zero-order valence-electron chi connectivity index (χ0n) is 10.7. The summed E-state index contributed by atoms with van der Waals surface area (Å²) in [6, 6.07) is 3.31. The number of piperidine rings is 1. The van der Waals surface area contributed by atoms with E-state index in [-0.39, 0.29) is 5.91 Å². The molecule has 0 spiro atoms. The number of carbonyl (C=O) groups is 1. The fraction of sp³-hybridized carbons (Fsp3) is 0.538. The van der Waals surface area contributed by atoms with Crippen LogP contribution < -0.4 is 16.0 Å². The molecule has 5 nitrogen and oxygen atoms in total. The first-order chi connectivity index (χ1) is 8.66. The van der Waals surface area contributed by atoms with Crippen molar-refractivity contribution in [3.05, 3.63) is 18.3 Å². The third-order valence-corrected chi connectivity index (χ3v) is 3.11. The highest BCUT2D eigenvalue weighted by Gasteiger charge is 2.12. The molecule has 1 saturated heterocycles. The molecule has 2 rings (SSSR count). The van der Waals surface area contributed by atoms with Crippen molar-refractivity contribution >= 4 is 17.4 Å². The lowest BCUT2D eigenvalue weighted by molar-refractivity contribution is -0.117. The van der Waals surface area contributed by atoms with Crippen molar-refractivity contribution in [1.29, 1.82) is 0 Å². The Hall–Kier alpha value is -1.62. The van der Waals surface area contributed by atoms with Gasteiger partial charge in [-0.2, -0.15) is 0 Å². The van der Waals surface area contributed by atoms with E-state index in [1.807, 2.05) is 12.1 Å². The van der Waals surface area contributed by atoms with Gasteiger partial charge in [0.15, 0.2) is 0 Å². The van der Waals surface area contributed by atoms with E-state index in [4.69, 9.17) is 5.73 Å². The maximum atomic E-state index is 11.4. The van der Waals surface area contributed by atoms with Crippen LogP contribution >= 0.6 is 0 Å². The molecular formula is C13H20N4O. The standard InChI is InChI=1S/C13H20N4O/c1-10(14)13(18)16-11-5-6-12(15-9-11)17-7-3-2-4-8-17/h5-6,9-10H,2-4,7-8,14H2,1H3,(H,16,18). The number of pyridine rings is 1. The minimum Gasteiger partial charge on any atom is -0.357 e. The maximum absolute atomic E-state index is 11.4. The maximum Gasteiger partial charge on any atom is 0.241 e. The van der Waals surface area contributed by atoms with Gasteiger partial charge < -0.3 is 16.0 Å². The summed E-state index contributed by atoms with van der Waals surface area (Å²) >= 11 is 0. The van der Waals surface area contributed by atoms with Gasteiger partial charge in [-0.15, -0.1) is 0 Å². The van der Waals surface area contributed by atoms with Gasteiger partial charge in [0.05, 0.1) is 17.9 Å². The summed E-state index contributed by atoms with van der Waals surface area (Å²) in [6.45, 7) is 3.79. The average molecular weight is 248 g/mol. The zero-order valence-corrected chi connectivity index (χ0v) is 10.7. The Morgan fingerprint density at radius 2 is 2.11 bits per heavy atom. The molecule has 1 unspecified atom stereocenters. The molecule has 1 amide bonds. The van der Waals surface area contributed by atoms with E-state index >= 15 is 0 Å². The molecule has 0 bridgehead atoms. The summed E-state index contributed by atoms with van der Waals surface area (Å²) in [5.74, 6) is 0.788. The fourth-order valence-electron chi connectivity index (χ4n) is 2.03. The number of aromatic nitrogens is 1. The van der Waals surface area contributed by atoms with Crippen LogP contribution in [0.4, 0.5) is 11.5 Å². The molecule has 5 heteroatoms. The summed E-state index contributed by atoms with van der Waals surface area (Å²) in [5, 5.41) is 2.73. The highest BCUT2D eigenvalue weighted by atomic mass is 16.2. The molecule has 0 saturated carbocycles. The number of carbonyl (C=O) groups excluding carboxylic acids is 1. The van der Waals surface area contributed by atoms with Crippen LogP contribution in [-0.4, -0.2) is 30.0 Å². The van der Waals surface area contributed by atoms with E-state index in [0.717, 1.165) is 18.9 Å². The van der Waals surface area contributed by atoms with Crippen LogP contribution in [0, 0.1) is 0 Å². The molecule has 0 radical (unpaired) electrons. The molecule has 2 heterocycles. The molecule has 1 aromatic rings. The SMILES string of the molecule is CC(N)C(=O)Nc1ccc(N2CCCCC2)nc1. The lowest BCUT2D eigenvalue weighted by Gasteiger charge is -2.27. The molecule has 1 aliphatic rings. The van der Waals surface area contributed by atoms with Crippen LogP contribution in [0.5, 0.6) is 0 Å². The van der Waals surface area contributed by atoms with Gasteiger partial charge in [-0.05, 0) is 38.3 Å². The van der Waals surface area contributed by atoms with Gasteiger partial charge in [-0.25, -0.2) is 4.98 Å². The average Bonchev–Trinajstić information content (AvgIpc) is 2.40. The van der Waals surface area contributed by atoms with Crippen molar-refractivity contribution in [2.45, 2.75) is 32.2 Å². The van der Waals surface area contributed by atoms with Crippen molar-refractivity contribution in [3.63, 3.8) is 0 Å². The largest absolute Gasteiger partial charge is 0.357 e. The third-order valence-electron chi connectivity index (χ3n) is 3.11. The predicted molar refractivity (Wildman–Crippen MR) is 72.6 cm³/mol. The number of nitrogens with two attached hydrogens (primary N) is 1. The van der Waals surface area contributed by atoms with Gasteiger partial charge in [0.2, 0.25) is 5.91 Å². The first-order valence-electron chi connectivity index (χ1n) is 6.44. The van der Waals surface area contributed by atoms with E-state index in [1.165, 1.54) is 19.3 Å². The highest BCUT2D eigenvalue weighted by Crippen LogP contribution is 2.18. The summed E-state index contributed by atoms with van der Waals surface area (Å²) in [6.07, 6.45) is 5.44. The van der Waals surface area contributed by atoms with Crippen LogP contribution in [0.3, 0.4) is 0 Å². The van der Waals surface area contributed by atoms with Gasteiger partial charge in [-0.3, -0.25) is 4.79 Å². The normalized spacial score (nSPS) is 17.3. The van der Waals surface area contributed by atoms with Crippen molar-refractivity contribution in [2.75, 3.05) is 23.3 Å². The molecule has 1 atom stereocenters. The number of anilines is 2. The predicted octanol–water partition coefficient (Wildman–Crippen LogP) is 1.36. The lowest BCUT2D eigenvalue weighted by atomic mass is 10.1. The minimum atomic E-state index is -0.508. The number of nitrogens with zero attached hydrogens (tertiary/aromatic N) is 2. The summed E-state index contributed by atoms with van der Waals surface area (Å²) in [5.41, 5.74) is 6.18. The van der Waals surface area contributed by atoms with Gasteiger partial charge in [-0.1, -0.05) is 0 Å². The quantitative estimate of drug-likeness (QED) is 0.847. The third kappa shape index (κ3) is 3.20. The molecule has 0 aliphatic carbocycles. The van der Waals surface area contributed by atoms with E-state index in [0.29, 0.717) is 5.69 Å². The van der Waals surface area contributed by atoms with Gasteiger partial charge in [0.25, 0.3) is 0 Å². The van der Waals surface area contributed by atoms with E-state index in [9.17, 15) is 4.79 Å². The Bertz CT molecular complexity index is 396. The first kappa shape index (κ1) is 12.8. The second kappa shape index (κ2) is 5.82. The van der Waals surface area contributed by atoms with E-state index < -0.39 is 6.04 Å². The molecular weight excluding hydrogens is 228 g/mol. The summed E-state index contributed by atoms with van der Waals surface area (Å²) in [4.78, 5) is 18.1. The van der Waals surface area contributed by atoms with Crippen LogP contribution in [0.25, 0.3) is 0 Å². The van der Waals surface area contributed by atoms with Crippen molar-refractivity contribution in [3.8, 4) is 0 Å². The Labute approximate surface area is 107 Å².